The molecule has 0 aromatic carbocycles. The molecule has 1 atom stereocenters. The summed E-state index contributed by atoms with van der Waals surface area (Å²) in [5, 5.41) is 0. The summed E-state index contributed by atoms with van der Waals surface area (Å²) in [5.74, 6) is 0. The quantitative estimate of drug-likeness (QED) is 0.692. The topological polar surface area (TPSA) is 68.3 Å². The Balaban J connectivity index is 2.22. The van der Waals surface area contributed by atoms with Gasteiger partial charge in [-0.3, -0.25) is 9.17 Å². The van der Waals surface area contributed by atoms with Crippen LogP contribution in [0.2, 0.25) is 0 Å². The Bertz CT molecular complexity index is 389. The van der Waals surface area contributed by atoms with Crippen LogP contribution in [-0.4, -0.2) is 20.0 Å². The summed E-state index contributed by atoms with van der Waals surface area (Å²) in [5.41, 5.74) is 0.809. The number of pyridine rings is 1. The summed E-state index contributed by atoms with van der Waals surface area (Å²) < 4.78 is 28.6. The third-order valence-electron chi connectivity index (χ3n) is 1.76. The standard InChI is InChI=1S/C7H8N2O3S/c10-13(11)9-7(5-12-13)6-2-1-3-8-4-6/h1-4,7,9H,5H2/t7-/m0/s1. The average Bonchev–Trinajstić information content (AvgIpc) is 2.48. The molecule has 13 heavy (non-hydrogen) atoms. The molecule has 0 unspecified atom stereocenters. The molecular formula is C7H8N2O3S. The molecule has 2 heterocycles. The maximum absolute atomic E-state index is 10.9. The molecule has 1 N–H and O–H groups in total. The van der Waals surface area contributed by atoms with E-state index in [1.165, 1.54) is 0 Å². The molecule has 1 aliphatic rings. The highest BCUT2D eigenvalue weighted by atomic mass is 32.2. The predicted octanol–water partition coefficient (Wildman–Crippen LogP) is -0.0127. The largest absolute Gasteiger partial charge is 0.336 e. The van der Waals surface area contributed by atoms with Crippen LogP contribution in [0.25, 0.3) is 0 Å². The summed E-state index contributed by atoms with van der Waals surface area (Å²) in [7, 11) is -3.52. The molecule has 1 fully saturated rings. The van der Waals surface area contributed by atoms with Gasteiger partial charge in [-0.2, -0.15) is 13.1 Å². The number of rotatable bonds is 1. The summed E-state index contributed by atoms with van der Waals surface area (Å²) in [6.07, 6.45) is 3.25. The van der Waals surface area contributed by atoms with Crippen molar-refractivity contribution in [2.24, 2.45) is 0 Å². The van der Waals surface area contributed by atoms with Crippen molar-refractivity contribution in [3.63, 3.8) is 0 Å². The Morgan fingerprint density at radius 1 is 1.62 bits per heavy atom. The van der Waals surface area contributed by atoms with E-state index in [2.05, 4.69) is 13.9 Å². The second kappa shape index (κ2) is 3.06. The molecule has 70 valence electrons. The van der Waals surface area contributed by atoms with Gasteiger partial charge >= 0.3 is 10.3 Å². The van der Waals surface area contributed by atoms with E-state index >= 15 is 0 Å². The van der Waals surface area contributed by atoms with Gasteiger partial charge in [0.1, 0.15) is 0 Å². The number of hydrogen-bond acceptors (Lipinski definition) is 4. The molecule has 0 radical (unpaired) electrons. The Hall–Kier alpha value is -0.980. The molecule has 5 nitrogen and oxygen atoms in total. The highest BCUT2D eigenvalue weighted by Crippen LogP contribution is 2.19. The molecule has 1 saturated heterocycles. The minimum Gasteiger partial charge on any atom is -0.264 e. The van der Waals surface area contributed by atoms with Gasteiger partial charge in [-0.25, -0.2) is 0 Å². The zero-order valence-corrected chi connectivity index (χ0v) is 7.49. The van der Waals surface area contributed by atoms with Crippen LogP contribution >= 0.6 is 0 Å². The van der Waals surface area contributed by atoms with E-state index in [9.17, 15) is 8.42 Å². The van der Waals surface area contributed by atoms with Gasteiger partial charge in [0.2, 0.25) is 0 Å². The van der Waals surface area contributed by atoms with Gasteiger partial charge in [0, 0.05) is 12.4 Å². The van der Waals surface area contributed by atoms with Crippen molar-refractivity contribution in [3.8, 4) is 0 Å². The van der Waals surface area contributed by atoms with E-state index in [0.717, 1.165) is 5.56 Å². The normalized spacial score (nSPS) is 26.0. The predicted molar refractivity (Wildman–Crippen MR) is 45.0 cm³/mol. The molecule has 6 heteroatoms. The Kier molecular flexibility index (Phi) is 2.03. The molecule has 0 bridgehead atoms. The van der Waals surface area contributed by atoms with E-state index in [-0.39, 0.29) is 12.6 Å². The van der Waals surface area contributed by atoms with Crippen LogP contribution in [0, 0.1) is 0 Å². The Labute approximate surface area is 76.0 Å². The molecule has 0 amide bonds. The van der Waals surface area contributed by atoms with Gasteiger partial charge in [0.05, 0.1) is 12.6 Å². The first kappa shape index (κ1) is 8.61. The fourth-order valence-electron chi connectivity index (χ4n) is 1.15. The van der Waals surface area contributed by atoms with Crippen molar-refractivity contribution in [2.45, 2.75) is 6.04 Å². The van der Waals surface area contributed by atoms with E-state index in [4.69, 9.17) is 0 Å². The fourth-order valence-corrected chi connectivity index (χ4v) is 2.08. The summed E-state index contributed by atoms with van der Waals surface area (Å²) >= 11 is 0. The van der Waals surface area contributed by atoms with Crippen LogP contribution in [0.15, 0.2) is 24.5 Å². The molecular weight excluding hydrogens is 192 g/mol. The van der Waals surface area contributed by atoms with Gasteiger partial charge in [0.25, 0.3) is 0 Å². The van der Waals surface area contributed by atoms with Crippen molar-refractivity contribution in [1.82, 2.24) is 9.71 Å². The Morgan fingerprint density at radius 2 is 2.46 bits per heavy atom. The fraction of sp³-hybridized carbons (Fsp3) is 0.286. The van der Waals surface area contributed by atoms with Crippen molar-refractivity contribution < 1.29 is 12.6 Å². The Morgan fingerprint density at radius 3 is 3.00 bits per heavy atom. The molecule has 1 aromatic heterocycles. The first-order chi connectivity index (χ1) is 6.17. The van der Waals surface area contributed by atoms with E-state index in [1.807, 2.05) is 0 Å². The molecule has 0 aliphatic carbocycles. The second-order valence-corrected chi connectivity index (χ2v) is 4.08. The monoisotopic (exact) mass is 200 g/mol. The van der Waals surface area contributed by atoms with E-state index < -0.39 is 10.3 Å². The van der Waals surface area contributed by atoms with Crippen molar-refractivity contribution >= 4 is 10.3 Å². The van der Waals surface area contributed by atoms with Crippen molar-refractivity contribution in [1.29, 1.82) is 0 Å². The maximum Gasteiger partial charge on any atom is 0.336 e. The number of aromatic nitrogens is 1. The van der Waals surface area contributed by atoms with E-state index in [1.54, 1.807) is 24.5 Å². The zero-order chi connectivity index (χ0) is 9.31. The van der Waals surface area contributed by atoms with Crippen LogP contribution in [-0.2, 0) is 14.5 Å². The molecule has 1 aromatic rings. The average molecular weight is 200 g/mol. The molecule has 0 saturated carbocycles. The summed E-state index contributed by atoms with van der Waals surface area (Å²) in [6, 6.07) is 3.25. The molecule has 1 aliphatic heterocycles. The van der Waals surface area contributed by atoms with Crippen LogP contribution in [0.4, 0.5) is 0 Å². The van der Waals surface area contributed by atoms with Crippen LogP contribution < -0.4 is 4.72 Å². The molecule has 0 spiro atoms. The van der Waals surface area contributed by atoms with E-state index in [0.29, 0.717) is 0 Å². The highest BCUT2D eigenvalue weighted by molar-refractivity contribution is 7.84. The lowest BCUT2D eigenvalue weighted by molar-refractivity contribution is 0.338. The number of hydrogen-bond donors (Lipinski definition) is 1. The smallest absolute Gasteiger partial charge is 0.264 e. The van der Waals surface area contributed by atoms with Gasteiger partial charge in [0.15, 0.2) is 0 Å². The van der Waals surface area contributed by atoms with Crippen molar-refractivity contribution in [2.75, 3.05) is 6.61 Å². The summed E-state index contributed by atoms with van der Waals surface area (Å²) in [4.78, 5) is 3.89. The number of nitrogens with one attached hydrogen (secondary N) is 1. The van der Waals surface area contributed by atoms with Crippen molar-refractivity contribution in [3.05, 3.63) is 30.1 Å². The minimum atomic E-state index is -3.52. The zero-order valence-electron chi connectivity index (χ0n) is 6.67. The third-order valence-corrected chi connectivity index (χ3v) is 2.78. The highest BCUT2D eigenvalue weighted by Gasteiger charge is 2.28. The van der Waals surface area contributed by atoms with Gasteiger partial charge in [-0.15, -0.1) is 0 Å². The minimum absolute atomic E-state index is 0.133. The summed E-state index contributed by atoms with van der Waals surface area (Å²) in [6.45, 7) is 0.133. The van der Waals surface area contributed by atoms with Gasteiger partial charge in [-0.05, 0) is 11.6 Å². The lowest BCUT2D eigenvalue weighted by Gasteiger charge is -2.04. The first-order valence-corrected chi connectivity index (χ1v) is 5.15. The SMILES string of the molecule is O=S1(=O)N[C@H](c2cccnc2)CO1. The molecule has 2 rings (SSSR count). The third kappa shape index (κ3) is 1.85. The lowest BCUT2D eigenvalue weighted by Crippen LogP contribution is -2.19. The van der Waals surface area contributed by atoms with Gasteiger partial charge < -0.3 is 0 Å². The van der Waals surface area contributed by atoms with Crippen LogP contribution in [0.3, 0.4) is 0 Å². The van der Waals surface area contributed by atoms with Crippen LogP contribution in [0.1, 0.15) is 11.6 Å². The second-order valence-electron chi connectivity index (χ2n) is 2.70. The lowest BCUT2D eigenvalue weighted by atomic mass is 10.1. The number of nitrogens with zero attached hydrogens (tertiary/aromatic N) is 1. The maximum atomic E-state index is 10.9. The van der Waals surface area contributed by atoms with Crippen LogP contribution in [0.5, 0.6) is 0 Å². The first-order valence-electron chi connectivity index (χ1n) is 3.74. The van der Waals surface area contributed by atoms with Gasteiger partial charge in [-0.1, -0.05) is 6.07 Å².